The number of anilines is 1. The Bertz CT molecular complexity index is 1310. The summed E-state index contributed by atoms with van der Waals surface area (Å²) < 4.78 is 26.0. The van der Waals surface area contributed by atoms with Crippen molar-refractivity contribution in [2.24, 2.45) is 0 Å². The Hall–Kier alpha value is -3.61. The maximum absolute atomic E-state index is 12.7. The molecule has 1 unspecified atom stereocenters. The largest absolute Gasteiger partial charge is 0.325 e. The first-order valence-corrected chi connectivity index (χ1v) is 10.7. The fourth-order valence-corrected chi connectivity index (χ4v) is 5.03. The molecule has 1 saturated heterocycles. The Balaban J connectivity index is 1.52. The zero-order chi connectivity index (χ0) is 21.5. The maximum atomic E-state index is 12.7. The highest BCUT2D eigenvalue weighted by Gasteiger charge is 2.31. The second-order valence-electron chi connectivity index (χ2n) is 6.91. The lowest BCUT2D eigenvalue weighted by molar-refractivity contribution is -0.384. The van der Waals surface area contributed by atoms with Gasteiger partial charge in [-0.2, -0.15) is 5.10 Å². The van der Waals surface area contributed by atoms with Crippen molar-refractivity contribution in [1.29, 1.82) is 0 Å². The number of fused-ring (bicyclic) bond motifs is 1. The van der Waals surface area contributed by atoms with Crippen molar-refractivity contribution < 1.29 is 18.1 Å². The number of hydrogen-bond donors (Lipinski definition) is 1. The molecule has 156 valence electrons. The number of hydrogen-bond acceptors (Lipinski definition) is 8. The van der Waals surface area contributed by atoms with Gasteiger partial charge in [-0.1, -0.05) is 0 Å². The summed E-state index contributed by atoms with van der Waals surface area (Å²) in [6.45, 7) is -0.318. The molecule has 1 aliphatic rings. The average molecular weight is 432 g/mol. The van der Waals surface area contributed by atoms with Gasteiger partial charge in [-0.05, 0) is 18.6 Å². The molecular formula is C17H16N6O6S. The van der Waals surface area contributed by atoms with E-state index in [1.165, 1.54) is 41.5 Å². The number of aromatic nitrogens is 4. The fourth-order valence-electron chi connectivity index (χ4n) is 3.34. The zero-order valence-electron chi connectivity index (χ0n) is 15.5. The van der Waals surface area contributed by atoms with E-state index < -0.39 is 26.2 Å². The second-order valence-corrected chi connectivity index (χ2v) is 9.14. The molecule has 1 aromatic carbocycles. The fraction of sp³-hybridized carbons (Fsp3) is 0.294. The van der Waals surface area contributed by atoms with Crippen LogP contribution >= 0.6 is 0 Å². The van der Waals surface area contributed by atoms with Gasteiger partial charge in [0.1, 0.15) is 18.3 Å². The molecule has 2 aromatic heterocycles. The molecule has 3 heterocycles. The number of carbonyl (C=O) groups is 1. The molecule has 1 N–H and O–H groups in total. The Morgan fingerprint density at radius 3 is 2.67 bits per heavy atom. The lowest BCUT2D eigenvalue weighted by Crippen LogP contribution is -2.28. The first kappa shape index (κ1) is 19.7. The summed E-state index contributed by atoms with van der Waals surface area (Å²) in [6, 6.07) is 4.92. The number of nitrogens with zero attached hydrogens (tertiary/aromatic N) is 5. The molecule has 30 heavy (non-hydrogen) atoms. The van der Waals surface area contributed by atoms with Crippen LogP contribution in [0.1, 0.15) is 12.5 Å². The van der Waals surface area contributed by atoms with E-state index in [2.05, 4.69) is 15.4 Å². The normalized spacial score (nSPS) is 17.8. The van der Waals surface area contributed by atoms with Crippen molar-refractivity contribution in [2.45, 2.75) is 19.0 Å². The zero-order valence-corrected chi connectivity index (χ0v) is 16.3. The third kappa shape index (κ3) is 3.78. The summed E-state index contributed by atoms with van der Waals surface area (Å²) in [4.78, 5) is 39.3. The Kier molecular flexibility index (Phi) is 4.81. The minimum absolute atomic E-state index is 0.0494. The molecule has 1 aliphatic heterocycles. The van der Waals surface area contributed by atoms with E-state index in [9.17, 15) is 28.1 Å². The third-order valence-corrected chi connectivity index (χ3v) is 6.56. The van der Waals surface area contributed by atoms with E-state index in [0.29, 0.717) is 12.1 Å². The van der Waals surface area contributed by atoms with Crippen LogP contribution < -0.4 is 10.9 Å². The topological polar surface area (TPSA) is 159 Å². The minimum Gasteiger partial charge on any atom is -0.325 e. The first-order valence-electron chi connectivity index (χ1n) is 8.91. The Labute approximate surface area is 169 Å². The molecule has 0 spiro atoms. The second kappa shape index (κ2) is 7.33. The van der Waals surface area contributed by atoms with Gasteiger partial charge in [0.25, 0.3) is 11.2 Å². The van der Waals surface area contributed by atoms with E-state index >= 15 is 0 Å². The average Bonchev–Trinajstić information content (AvgIpc) is 3.27. The summed E-state index contributed by atoms with van der Waals surface area (Å²) in [6.07, 6.45) is 2.93. The van der Waals surface area contributed by atoms with E-state index in [1.54, 1.807) is 0 Å². The molecule has 0 aliphatic carbocycles. The van der Waals surface area contributed by atoms with Crippen LogP contribution in [0.5, 0.6) is 0 Å². The molecule has 1 fully saturated rings. The summed E-state index contributed by atoms with van der Waals surface area (Å²) in [5, 5.41) is 17.5. The number of rotatable bonds is 5. The number of carbonyl (C=O) groups excluding carboxylic acids is 1. The van der Waals surface area contributed by atoms with Gasteiger partial charge < -0.3 is 5.32 Å². The summed E-state index contributed by atoms with van der Waals surface area (Å²) in [5.41, 5.74) is 0.0361. The molecule has 1 atom stereocenters. The van der Waals surface area contributed by atoms with Crippen LogP contribution in [0.2, 0.25) is 0 Å². The summed E-state index contributed by atoms with van der Waals surface area (Å²) in [7, 11) is -3.12. The summed E-state index contributed by atoms with van der Waals surface area (Å²) in [5.74, 6) is -0.494. The van der Waals surface area contributed by atoms with Crippen LogP contribution in [0, 0.1) is 10.1 Å². The molecule has 1 amide bonds. The van der Waals surface area contributed by atoms with Gasteiger partial charge in [0.2, 0.25) is 5.91 Å². The summed E-state index contributed by atoms with van der Waals surface area (Å²) >= 11 is 0. The minimum atomic E-state index is -3.12. The Morgan fingerprint density at radius 1 is 1.30 bits per heavy atom. The Morgan fingerprint density at radius 2 is 2.03 bits per heavy atom. The van der Waals surface area contributed by atoms with Crippen LogP contribution in [-0.2, 0) is 21.2 Å². The van der Waals surface area contributed by atoms with Gasteiger partial charge in [0.05, 0.1) is 28.7 Å². The number of nitrogens with one attached hydrogen (secondary N) is 1. The standard InChI is InChI=1S/C17H16N6O6S/c24-15(20-11-1-3-12(4-2-11)23(26)27)8-21-10-18-16-14(17(21)25)7-19-22(16)13-5-6-30(28,29)9-13/h1-4,7,10,13H,5-6,8-9H2,(H,20,24). The van der Waals surface area contributed by atoms with Gasteiger partial charge in [0.15, 0.2) is 15.5 Å². The molecule has 4 rings (SSSR count). The van der Waals surface area contributed by atoms with Crippen molar-refractivity contribution in [1.82, 2.24) is 19.3 Å². The predicted octanol–water partition coefficient (Wildman–Crippen LogP) is 0.500. The molecular weight excluding hydrogens is 416 g/mol. The lowest BCUT2D eigenvalue weighted by Gasteiger charge is -2.10. The quantitative estimate of drug-likeness (QED) is 0.451. The van der Waals surface area contributed by atoms with E-state index in [1.807, 2.05) is 0 Å². The lowest BCUT2D eigenvalue weighted by atomic mass is 10.3. The molecule has 12 nitrogen and oxygen atoms in total. The number of nitro benzene ring substituents is 1. The highest BCUT2D eigenvalue weighted by Crippen LogP contribution is 2.25. The van der Waals surface area contributed by atoms with Crippen LogP contribution in [0.15, 0.2) is 41.6 Å². The van der Waals surface area contributed by atoms with Gasteiger partial charge in [-0.25, -0.2) is 18.1 Å². The molecule has 0 saturated carbocycles. The maximum Gasteiger partial charge on any atom is 0.269 e. The van der Waals surface area contributed by atoms with E-state index in [0.717, 1.165) is 4.57 Å². The third-order valence-electron chi connectivity index (χ3n) is 4.81. The molecule has 13 heteroatoms. The molecule has 0 bridgehead atoms. The number of benzene rings is 1. The van der Waals surface area contributed by atoms with Crippen molar-refractivity contribution in [3.05, 3.63) is 57.3 Å². The van der Waals surface area contributed by atoms with Crippen LogP contribution in [0.4, 0.5) is 11.4 Å². The van der Waals surface area contributed by atoms with Crippen molar-refractivity contribution >= 4 is 38.2 Å². The number of non-ortho nitro benzene ring substituents is 1. The van der Waals surface area contributed by atoms with Crippen molar-refractivity contribution in [3.63, 3.8) is 0 Å². The molecule has 3 aromatic rings. The van der Waals surface area contributed by atoms with Crippen molar-refractivity contribution in [3.8, 4) is 0 Å². The van der Waals surface area contributed by atoms with Crippen LogP contribution in [-0.4, -0.2) is 50.1 Å². The number of nitro groups is 1. The van der Waals surface area contributed by atoms with Crippen LogP contribution in [0.3, 0.4) is 0 Å². The highest BCUT2D eigenvalue weighted by atomic mass is 32.2. The van der Waals surface area contributed by atoms with Gasteiger partial charge in [0, 0.05) is 17.8 Å². The van der Waals surface area contributed by atoms with Crippen molar-refractivity contribution in [2.75, 3.05) is 16.8 Å². The highest BCUT2D eigenvalue weighted by molar-refractivity contribution is 7.91. The predicted molar refractivity (Wildman–Crippen MR) is 106 cm³/mol. The number of sulfone groups is 1. The van der Waals surface area contributed by atoms with Gasteiger partial charge in [-0.3, -0.25) is 24.3 Å². The van der Waals surface area contributed by atoms with E-state index in [-0.39, 0.29) is 40.8 Å². The SMILES string of the molecule is O=C(Cn1cnc2c(cnn2C2CCS(=O)(=O)C2)c1=O)Nc1ccc([N+](=O)[O-])cc1. The van der Waals surface area contributed by atoms with Crippen LogP contribution in [0.25, 0.3) is 11.0 Å². The van der Waals surface area contributed by atoms with E-state index in [4.69, 9.17) is 0 Å². The number of amides is 1. The smallest absolute Gasteiger partial charge is 0.269 e. The first-order chi connectivity index (χ1) is 14.2. The molecule has 0 radical (unpaired) electrons. The van der Waals surface area contributed by atoms with Gasteiger partial charge >= 0.3 is 0 Å². The van der Waals surface area contributed by atoms with Gasteiger partial charge in [-0.15, -0.1) is 0 Å². The monoisotopic (exact) mass is 432 g/mol.